The largest absolute Gasteiger partial charge is 0.473 e. The molecule has 1 atom stereocenters. The number of aromatic nitrogens is 4. The number of carbonyl (C=O) groups is 1. The van der Waals surface area contributed by atoms with Gasteiger partial charge < -0.3 is 21.1 Å². The van der Waals surface area contributed by atoms with Crippen molar-refractivity contribution in [3.8, 4) is 17.0 Å². The smallest absolute Gasteiger partial charge is 0.256 e. The van der Waals surface area contributed by atoms with Crippen LogP contribution in [0.1, 0.15) is 47.2 Å². The van der Waals surface area contributed by atoms with E-state index < -0.39 is 11.9 Å². The quantitative estimate of drug-likeness (QED) is 0.408. The van der Waals surface area contributed by atoms with Gasteiger partial charge in [0.15, 0.2) is 5.65 Å². The number of nitrogens with one attached hydrogen (secondary N) is 2. The summed E-state index contributed by atoms with van der Waals surface area (Å²) in [6.07, 6.45) is 4.59. The molecule has 0 saturated heterocycles. The number of hydrogen-bond acceptors (Lipinski definition) is 7. The molecule has 9 nitrogen and oxygen atoms in total. The highest BCUT2D eigenvalue weighted by Gasteiger charge is 2.25. The third-order valence-corrected chi connectivity index (χ3v) is 6.38. The monoisotopic (exact) mass is 473 g/mol. The van der Waals surface area contributed by atoms with Crippen LogP contribution < -0.4 is 21.1 Å². The van der Waals surface area contributed by atoms with E-state index in [1.54, 1.807) is 6.92 Å². The molecule has 1 aromatic carbocycles. The molecule has 1 amide bonds. The number of rotatable bonds is 2. The summed E-state index contributed by atoms with van der Waals surface area (Å²) in [6.45, 7) is 2.21. The summed E-state index contributed by atoms with van der Waals surface area (Å²) in [4.78, 5) is 21.8. The number of hydrogen-bond donors (Lipinski definition) is 3. The maximum Gasteiger partial charge on any atom is 0.256 e. The number of amides is 1. The fraction of sp³-hybridized carbons (Fsp3) is 0.280. The van der Waals surface area contributed by atoms with E-state index in [4.69, 9.17) is 15.5 Å². The van der Waals surface area contributed by atoms with Crippen molar-refractivity contribution in [2.75, 3.05) is 17.6 Å². The molecule has 6 rings (SSSR count). The predicted molar refractivity (Wildman–Crippen MR) is 129 cm³/mol. The summed E-state index contributed by atoms with van der Waals surface area (Å²) in [5.41, 5.74) is 10.5. The molecule has 3 aromatic heterocycles. The molecule has 178 valence electrons. The number of nitrogens with zero attached hydrogens (tertiary/aromatic N) is 4. The van der Waals surface area contributed by atoms with E-state index in [1.807, 2.05) is 12.1 Å². The number of carbonyl (C=O) groups excluding carboxylic acids is 1. The van der Waals surface area contributed by atoms with Crippen LogP contribution in [0.3, 0.4) is 0 Å². The van der Waals surface area contributed by atoms with Crippen molar-refractivity contribution >= 4 is 23.2 Å². The van der Waals surface area contributed by atoms with Gasteiger partial charge in [0.2, 0.25) is 5.88 Å². The molecule has 10 heteroatoms. The summed E-state index contributed by atoms with van der Waals surface area (Å²) < 4.78 is 21.4. The van der Waals surface area contributed by atoms with Gasteiger partial charge in [-0.05, 0) is 42.9 Å². The first-order chi connectivity index (χ1) is 17.0. The molecule has 1 aliphatic carbocycles. The van der Waals surface area contributed by atoms with E-state index >= 15 is 0 Å². The number of benzene rings is 1. The minimum Gasteiger partial charge on any atom is -0.473 e. The molecule has 2 aliphatic rings. The van der Waals surface area contributed by atoms with Crippen LogP contribution in [-0.4, -0.2) is 38.1 Å². The van der Waals surface area contributed by atoms with E-state index in [9.17, 15) is 9.18 Å². The van der Waals surface area contributed by atoms with Gasteiger partial charge in [0.05, 0.1) is 24.5 Å². The van der Waals surface area contributed by atoms with Crippen molar-refractivity contribution in [2.24, 2.45) is 0 Å². The van der Waals surface area contributed by atoms with Gasteiger partial charge in [-0.25, -0.2) is 14.4 Å². The number of pyridine rings is 1. The lowest BCUT2D eigenvalue weighted by molar-refractivity contribution is 0.0932. The highest BCUT2D eigenvalue weighted by atomic mass is 19.1. The standard InChI is InChI=1S/C25H24FN7O2/c1-13-9-29-24(34)19-12-31-33-21(27)20(16-6-4-15(5-7-16)14-2-3-14)22(32-23(19)33)28-10-17-8-18(26)11-30-25(17)35-13/h4-8,11-14H,2-3,9-10,27H2,1H3,(H,28,32)(H,29,34)/t13-/m0/s1. The summed E-state index contributed by atoms with van der Waals surface area (Å²) in [5.74, 6) is 0.881. The highest BCUT2D eigenvalue weighted by molar-refractivity contribution is 6.01. The van der Waals surface area contributed by atoms with Gasteiger partial charge in [-0.1, -0.05) is 24.3 Å². The Kier molecular flexibility index (Phi) is 5.01. The van der Waals surface area contributed by atoms with Gasteiger partial charge in [0, 0.05) is 12.1 Å². The lowest BCUT2D eigenvalue weighted by Gasteiger charge is -2.18. The molecular weight excluding hydrogens is 449 g/mol. The van der Waals surface area contributed by atoms with Crippen LogP contribution in [0.15, 0.2) is 42.7 Å². The number of fused-ring (bicyclic) bond motifs is 2. The zero-order chi connectivity index (χ0) is 24.1. The minimum atomic E-state index is -0.476. The SMILES string of the molecule is C[C@H]1CNC(=O)c2cnn3c(N)c(-c4ccc(C5CC5)cc4)c(nc23)NCc2cc(F)cnc2O1. The van der Waals surface area contributed by atoms with Crippen molar-refractivity contribution in [2.45, 2.75) is 38.3 Å². The summed E-state index contributed by atoms with van der Waals surface area (Å²) in [6, 6.07) is 9.62. The molecular formula is C25H24FN7O2. The third-order valence-electron chi connectivity index (χ3n) is 6.38. The minimum absolute atomic E-state index is 0.188. The number of ether oxygens (including phenoxy) is 1. The molecule has 2 bridgehead atoms. The first kappa shape index (κ1) is 21.3. The maximum absolute atomic E-state index is 14.1. The second kappa shape index (κ2) is 8.23. The van der Waals surface area contributed by atoms with E-state index in [1.165, 1.54) is 35.2 Å². The highest BCUT2D eigenvalue weighted by Crippen LogP contribution is 2.41. The first-order valence-corrected chi connectivity index (χ1v) is 11.6. The van der Waals surface area contributed by atoms with Crippen molar-refractivity contribution in [1.29, 1.82) is 0 Å². The fourth-order valence-corrected chi connectivity index (χ4v) is 4.37. The maximum atomic E-state index is 14.1. The Balaban J connectivity index is 1.50. The molecule has 0 unspecified atom stereocenters. The lowest BCUT2D eigenvalue weighted by Crippen LogP contribution is -2.33. The third kappa shape index (κ3) is 3.90. The predicted octanol–water partition coefficient (Wildman–Crippen LogP) is 3.51. The Morgan fingerprint density at radius 3 is 2.74 bits per heavy atom. The topological polar surface area (TPSA) is 119 Å². The van der Waals surface area contributed by atoms with Crippen LogP contribution in [0.4, 0.5) is 16.0 Å². The Morgan fingerprint density at radius 1 is 1.17 bits per heavy atom. The molecule has 0 spiro atoms. The van der Waals surface area contributed by atoms with Crippen LogP contribution in [0.2, 0.25) is 0 Å². The Hall–Kier alpha value is -4.21. The summed E-state index contributed by atoms with van der Waals surface area (Å²) in [5, 5.41) is 10.5. The number of nitrogens with two attached hydrogens (primary N) is 1. The Labute approximate surface area is 200 Å². The number of nitrogen functional groups attached to an aromatic ring is 1. The summed E-state index contributed by atoms with van der Waals surface area (Å²) in [7, 11) is 0. The molecule has 0 radical (unpaired) electrons. The fourth-order valence-electron chi connectivity index (χ4n) is 4.37. The second-order valence-corrected chi connectivity index (χ2v) is 9.02. The molecule has 4 heterocycles. The van der Waals surface area contributed by atoms with Gasteiger partial charge in [0.1, 0.15) is 29.1 Å². The van der Waals surface area contributed by atoms with Crippen LogP contribution in [-0.2, 0) is 6.54 Å². The van der Waals surface area contributed by atoms with Gasteiger partial charge in [-0.15, -0.1) is 0 Å². The molecule has 4 aromatic rings. The van der Waals surface area contributed by atoms with Gasteiger partial charge in [0.25, 0.3) is 5.91 Å². The van der Waals surface area contributed by atoms with Gasteiger partial charge >= 0.3 is 0 Å². The summed E-state index contributed by atoms with van der Waals surface area (Å²) >= 11 is 0. The molecule has 1 aliphatic heterocycles. The van der Waals surface area contributed by atoms with E-state index in [-0.39, 0.29) is 24.9 Å². The average Bonchev–Trinajstić information content (AvgIpc) is 3.61. The molecule has 35 heavy (non-hydrogen) atoms. The zero-order valence-corrected chi connectivity index (χ0v) is 19.1. The van der Waals surface area contributed by atoms with Gasteiger partial charge in [-0.3, -0.25) is 4.79 Å². The van der Waals surface area contributed by atoms with E-state index in [0.29, 0.717) is 39.9 Å². The normalized spacial score (nSPS) is 18.0. The second-order valence-electron chi connectivity index (χ2n) is 9.02. The zero-order valence-electron chi connectivity index (χ0n) is 19.1. The van der Waals surface area contributed by atoms with Crippen molar-refractivity contribution in [1.82, 2.24) is 24.9 Å². The van der Waals surface area contributed by atoms with Crippen LogP contribution >= 0.6 is 0 Å². The van der Waals surface area contributed by atoms with E-state index in [2.05, 4.69) is 32.8 Å². The number of halogens is 1. The lowest BCUT2D eigenvalue weighted by atomic mass is 10.0. The van der Waals surface area contributed by atoms with Crippen LogP contribution in [0.5, 0.6) is 5.88 Å². The average molecular weight is 474 g/mol. The van der Waals surface area contributed by atoms with Crippen LogP contribution in [0, 0.1) is 5.82 Å². The molecule has 1 fully saturated rings. The van der Waals surface area contributed by atoms with Gasteiger partial charge in [-0.2, -0.15) is 9.61 Å². The van der Waals surface area contributed by atoms with Crippen molar-refractivity contribution in [3.05, 3.63) is 65.2 Å². The Morgan fingerprint density at radius 2 is 1.97 bits per heavy atom. The molecule has 4 N–H and O–H groups in total. The molecule has 1 saturated carbocycles. The first-order valence-electron chi connectivity index (χ1n) is 11.6. The number of anilines is 2. The van der Waals surface area contributed by atoms with Crippen LogP contribution in [0.25, 0.3) is 16.8 Å². The van der Waals surface area contributed by atoms with Crippen molar-refractivity contribution in [3.63, 3.8) is 0 Å². The Bertz CT molecular complexity index is 1450. The van der Waals surface area contributed by atoms with E-state index in [0.717, 1.165) is 11.8 Å². The van der Waals surface area contributed by atoms with Crippen molar-refractivity contribution < 1.29 is 13.9 Å².